The fraction of sp³-hybridized carbons (Fsp3) is 0.688. The Morgan fingerprint density at radius 3 is 2.80 bits per heavy atom. The van der Waals surface area contributed by atoms with Gasteiger partial charge in [0, 0.05) is 32.0 Å². The van der Waals surface area contributed by atoms with Gasteiger partial charge < -0.3 is 9.32 Å². The zero-order valence-electron chi connectivity index (χ0n) is 12.5. The molecule has 1 aromatic heterocycles. The molecule has 20 heavy (non-hydrogen) atoms. The van der Waals surface area contributed by atoms with Crippen LogP contribution in [-0.2, 0) is 11.3 Å². The van der Waals surface area contributed by atoms with Crippen LogP contribution >= 0.6 is 0 Å². The minimum atomic E-state index is 0.223. The number of hydrogen-bond donors (Lipinski definition) is 0. The molecule has 1 amide bonds. The summed E-state index contributed by atoms with van der Waals surface area (Å²) in [6.45, 7) is 8.68. The summed E-state index contributed by atoms with van der Waals surface area (Å²) >= 11 is 0. The normalized spacial score (nSPS) is 27.4. The largest absolute Gasteiger partial charge is 0.465 e. The van der Waals surface area contributed by atoms with Crippen molar-refractivity contribution in [3.05, 3.63) is 23.7 Å². The molecular formula is C16H24N2O2. The quantitative estimate of drug-likeness (QED) is 0.832. The number of rotatable bonds is 2. The van der Waals surface area contributed by atoms with Crippen LogP contribution in [0.15, 0.2) is 16.5 Å². The Bertz CT molecular complexity index is 496. The molecule has 2 aliphatic rings. The third-order valence-electron chi connectivity index (χ3n) is 4.80. The summed E-state index contributed by atoms with van der Waals surface area (Å²) in [7, 11) is 0. The SMILES string of the molecule is CC(=O)N1CC[C@]2(CCCN(Cc3ccc(C)o3)C2)C1. The van der Waals surface area contributed by atoms with Crippen LogP contribution in [0.5, 0.6) is 0 Å². The number of nitrogens with zero attached hydrogens (tertiary/aromatic N) is 2. The smallest absolute Gasteiger partial charge is 0.219 e. The van der Waals surface area contributed by atoms with E-state index in [0.717, 1.165) is 50.7 Å². The summed E-state index contributed by atoms with van der Waals surface area (Å²) in [5, 5.41) is 0. The van der Waals surface area contributed by atoms with E-state index in [1.54, 1.807) is 6.92 Å². The minimum Gasteiger partial charge on any atom is -0.465 e. The van der Waals surface area contributed by atoms with Crippen molar-refractivity contribution < 1.29 is 9.21 Å². The second-order valence-corrected chi connectivity index (χ2v) is 6.52. The number of aryl methyl sites for hydroxylation is 1. The molecule has 0 aromatic carbocycles. The van der Waals surface area contributed by atoms with Crippen LogP contribution in [0, 0.1) is 12.3 Å². The first-order valence-corrected chi connectivity index (χ1v) is 7.60. The molecule has 2 aliphatic heterocycles. The van der Waals surface area contributed by atoms with Crippen molar-refractivity contribution in [1.82, 2.24) is 9.80 Å². The topological polar surface area (TPSA) is 36.7 Å². The summed E-state index contributed by atoms with van der Waals surface area (Å²) in [4.78, 5) is 16.1. The van der Waals surface area contributed by atoms with E-state index < -0.39 is 0 Å². The van der Waals surface area contributed by atoms with Gasteiger partial charge >= 0.3 is 0 Å². The van der Waals surface area contributed by atoms with Crippen molar-refractivity contribution >= 4 is 5.91 Å². The molecule has 110 valence electrons. The average molecular weight is 276 g/mol. The lowest BCUT2D eigenvalue weighted by atomic mass is 9.79. The van der Waals surface area contributed by atoms with E-state index in [-0.39, 0.29) is 5.91 Å². The van der Waals surface area contributed by atoms with Gasteiger partial charge in [0.05, 0.1) is 6.54 Å². The van der Waals surface area contributed by atoms with Gasteiger partial charge in [0.25, 0.3) is 0 Å². The molecule has 3 rings (SSSR count). The summed E-state index contributed by atoms with van der Waals surface area (Å²) in [6, 6.07) is 4.11. The number of carbonyl (C=O) groups is 1. The highest BCUT2D eigenvalue weighted by atomic mass is 16.3. The standard InChI is InChI=1S/C16H24N2O2/c1-13-4-5-15(20-13)10-17-8-3-6-16(11-17)7-9-18(12-16)14(2)19/h4-5H,3,6-12H2,1-2H3/t16-/m0/s1. The summed E-state index contributed by atoms with van der Waals surface area (Å²) in [5.41, 5.74) is 0.325. The van der Waals surface area contributed by atoms with Gasteiger partial charge in [-0.25, -0.2) is 0 Å². The van der Waals surface area contributed by atoms with E-state index in [4.69, 9.17) is 4.42 Å². The molecule has 1 aromatic rings. The highest BCUT2D eigenvalue weighted by Crippen LogP contribution is 2.39. The first-order chi connectivity index (χ1) is 9.56. The molecule has 1 spiro atoms. The van der Waals surface area contributed by atoms with Crippen LogP contribution in [-0.4, -0.2) is 41.9 Å². The van der Waals surface area contributed by atoms with Gasteiger partial charge in [-0.05, 0) is 44.9 Å². The van der Waals surface area contributed by atoms with E-state index in [1.807, 2.05) is 17.9 Å². The van der Waals surface area contributed by atoms with Crippen LogP contribution in [0.4, 0.5) is 0 Å². The van der Waals surface area contributed by atoms with Gasteiger partial charge in [0.2, 0.25) is 5.91 Å². The Balaban J connectivity index is 1.63. The molecule has 0 N–H and O–H groups in total. The number of likely N-dealkylation sites (tertiary alicyclic amines) is 2. The second kappa shape index (κ2) is 5.24. The van der Waals surface area contributed by atoms with Crippen molar-refractivity contribution in [2.45, 2.75) is 39.7 Å². The molecule has 0 saturated carbocycles. The Morgan fingerprint density at radius 1 is 1.30 bits per heavy atom. The lowest BCUT2D eigenvalue weighted by molar-refractivity contribution is -0.128. The second-order valence-electron chi connectivity index (χ2n) is 6.52. The summed E-state index contributed by atoms with van der Waals surface area (Å²) in [5.74, 6) is 2.26. The number of piperidine rings is 1. The maximum absolute atomic E-state index is 11.5. The van der Waals surface area contributed by atoms with Gasteiger partial charge in [-0.3, -0.25) is 9.69 Å². The van der Waals surface area contributed by atoms with Crippen molar-refractivity contribution in [2.24, 2.45) is 5.41 Å². The maximum atomic E-state index is 11.5. The number of furan rings is 1. The average Bonchev–Trinajstić information content (AvgIpc) is 2.97. The summed E-state index contributed by atoms with van der Waals surface area (Å²) < 4.78 is 5.69. The Labute approximate surface area is 120 Å². The van der Waals surface area contributed by atoms with Crippen molar-refractivity contribution in [2.75, 3.05) is 26.2 Å². The predicted octanol–water partition coefficient (Wildman–Crippen LogP) is 2.42. The molecule has 4 nitrogen and oxygen atoms in total. The number of hydrogen-bond acceptors (Lipinski definition) is 3. The first kappa shape index (κ1) is 13.7. The Hall–Kier alpha value is -1.29. The predicted molar refractivity (Wildman–Crippen MR) is 77.3 cm³/mol. The van der Waals surface area contributed by atoms with Gasteiger partial charge in [0.1, 0.15) is 11.5 Å². The fourth-order valence-electron chi connectivity index (χ4n) is 3.77. The minimum absolute atomic E-state index is 0.223. The highest BCUT2D eigenvalue weighted by molar-refractivity contribution is 5.73. The lowest BCUT2D eigenvalue weighted by Crippen LogP contribution is -2.44. The molecule has 0 aliphatic carbocycles. The van der Waals surface area contributed by atoms with Crippen LogP contribution in [0.25, 0.3) is 0 Å². The van der Waals surface area contributed by atoms with Gasteiger partial charge in [-0.15, -0.1) is 0 Å². The molecule has 2 saturated heterocycles. The molecular weight excluding hydrogens is 252 g/mol. The van der Waals surface area contributed by atoms with Crippen LogP contribution in [0.1, 0.15) is 37.7 Å². The van der Waals surface area contributed by atoms with Crippen LogP contribution in [0.2, 0.25) is 0 Å². The van der Waals surface area contributed by atoms with E-state index in [9.17, 15) is 4.79 Å². The zero-order chi connectivity index (χ0) is 14.2. The molecule has 3 heterocycles. The van der Waals surface area contributed by atoms with E-state index >= 15 is 0 Å². The fourth-order valence-corrected chi connectivity index (χ4v) is 3.77. The first-order valence-electron chi connectivity index (χ1n) is 7.60. The molecule has 4 heteroatoms. The van der Waals surface area contributed by atoms with E-state index in [2.05, 4.69) is 11.0 Å². The molecule has 2 fully saturated rings. The highest BCUT2D eigenvalue weighted by Gasteiger charge is 2.42. The monoisotopic (exact) mass is 276 g/mol. The number of carbonyl (C=O) groups excluding carboxylic acids is 1. The Kier molecular flexibility index (Phi) is 3.59. The van der Waals surface area contributed by atoms with Gasteiger partial charge in [-0.2, -0.15) is 0 Å². The maximum Gasteiger partial charge on any atom is 0.219 e. The molecule has 0 radical (unpaired) electrons. The molecule has 1 atom stereocenters. The molecule has 0 bridgehead atoms. The zero-order valence-corrected chi connectivity index (χ0v) is 12.5. The molecule has 0 unspecified atom stereocenters. The van der Waals surface area contributed by atoms with Crippen molar-refractivity contribution in [3.8, 4) is 0 Å². The van der Waals surface area contributed by atoms with Crippen molar-refractivity contribution in [3.63, 3.8) is 0 Å². The van der Waals surface area contributed by atoms with E-state index in [0.29, 0.717) is 5.41 Å². The Morgan fingerprint density at radius 2 is 2.15 bits per heavy atom. The number of amides is 1. The third-order valence-corrected chi connectivity index (χ3v) is 4.80. The lowest BCUT2D eigenvalue weighted by Gasteiger charge is -2.40. The van der Waals surface area contributed by atoms with Crippen LogP contribution in [0.3, 0.4) is 0 Å². The van der Waals surface area contributed by atoms with Gasteiger partial charge in [0.15, 0.2) is 0 Å². The summed E-state index contributed by atoms with van der Waals surface area (Å²) in [6.07, 6.45) is 3.64. The third kappa shape index (κ3) is 2.75. The van der Waals surface area contributed by atoms with Crippen LogP contribution < -0.4 is 0 Å². The van der Waals surface area contributed by atoms with Crippen molar-refractivity contribution in [1.29, 1.82) is 0 Å². The van der Waals surface area contributed by atoms with E-state index in [1.165, 1.54) is 12.8 Å². The van der Waals surface area contributed by atoms with Gasteiger partial charge in [-0.1, -0.05) is 0 Å².